The van der Waals surface area contributed by atoms with E-state index in [-0.39, 0.29) is 5.92 Å². The number of benzene rings is 1. The molecule has 1 aliphatic rings. The van der Waals surface area contributed by atoms with Gasteiger partial charge in [-0.15, -0.1) is 0 Å². The highest BCUT2D eigenvalue weighted by Gasteiger charge is 2.23. The molecule has 19 heavy (non-hydrogen) atoms. The maximum absolute atomic E-state index is 8.89. The molecule has 1 heterocycles. The number of oxime groups is 1. The second-order valence-electron chi connectivity index (χ2n) is 4.93. The van der Waals surface area contributed by atoms with Crippen LogP contribution >= 0.6 is 11.6 Å². The standard InChI is InChI=1S/C14H19ClN2O2/c1-10-8-17(6-5-13(10)16-18)9-11-7-12(15)3-4-14(11)19-2/h3-4,7,10,18H,5-6,8-9H2,1-2H3/b16-13-. The Morgan fingerprint density at radius 3 is 2.95 bits per heavy atom. The third-order valence-corrected chi connectivity index (χ3v) is 3.79. The van der Waals surface area contributed by atoms with Crippen LogP contribution < -0.4 is 4.74 Å². The van der Waals surface area contributed by atoms with Crippen LogP contribution in [-0.2, 0) is 6.54 Å². The van der Waals surface area contributed by atoms with E-state index in [1.807, 2.05) is 18.2 Å². The van der Waals surface area contributed by atoms with Crippen LogP contribution in [0.25, 0.3) is 0 Å². The zero-order valence-corrected chi connectivity index (χ0v) is 12.0. The van der Waals surface area contributed by atoms with Crippen LogP contribution in [0.1, 0.15) is 18.9 Å². The van der Waals surface area contributed by atoms with Crippen molar-refractivity contribution in [2.24, 2.45) is 11.1 Å². The maximum atomic E-state index is 8.89. The molecule has 0 radical (unpaired) electrons. The molecule has 1 aromatic rings. The maximum Gasteiger partial charge on any atom is 0.123 e. The van der Waals surface area contributed by atoms with E-state index in [0.717, 1.165) is 48.1 Å². The van der Waals surface area contributed by atoms with Crippen molar-refractivity contribution in [2.45, 2.75) is 19.9 Å². The number of likely N-dealkylation sites (tertiary alicyclic amines) is 1. The molecule has 2 rings (SSSR count). The van der Waals surface area contributed by atoms with Crippen molar-refractivity contribution in [3.8, 4) is 5.75 Å². The molecule has 1 aliphatic heterocycles. The number of halogens is 1. The third-order valence-electron chi connectivity index (χ3n) is 3.55. The van der Waals surface area contributed by atoms with Crippen molar-refractivity contribution >= 4 is 17.3 Å². The van der Waals surface area contributed by atoms with Gasteiger partial charge in [-0.25, -0.2) is 0 Å². The molecule has 0 aromatic heterocycles. The van der Waals surface area contributed by atoms with E-state index in [9.17, 15) is 0 Å². The summed E-state index contributed by atoms with van der Waals surface area (Å²) in [5.74, 6) is 1.14. The van der Waals surface area contributed by atoms with E-state index in [2.05, 4.69) is 17.0 Å². The Kier molecular flexibility index (Phi) is 4.66. The minimum Gasteiger partial charge on any atom is -0.496 e. The van der Waals surface area contributed by atoms with Crippen LogP contribution in [-0.4, -0.2) is 36.0 Å². The lowest BCUT2D eigenvalue weighted by molar-refractivity contribution is 0.226. The first kappa shape index (κ1) is 14.2. The van der Waals surface area contributed by atoms with E-state index < -0.39 is 0 Å². The van der Waals surface area contributed by atoms with Crippen LogP contribution in [0.15, 0.2) is 23.4 Å². The summed E-state index contributed by atoms with van der Waals surface area (Å²) < 4.78 is 5.36. The molecule has 0 saturated carbocycles. The zero-order valence-electron chi connectivity index (χ0n) is 11.3. The minimum absolute atomic E-state index is 0.281. The van der Waals surface area contributed by atoms with Crippen molar-refractivity contribution in [1.29, 1.82) is 0 Å². The molecule has 4 nitrogen and oxygen atoms in total. The molecular weight excluding hydrogens is 264 g/mol. The first-order valence-corrected chi connectivity index (χ1v) is 6.77. The lowest BCUT2D eigenvalue weighted by Crippen LogP contribution is -2.39. The summed E-state index contributed by atoms with van der Waals surface area (Å²) in [6, 6.07) is 5.67. The second-order valence-corrected chi connectivity index (χ2v) is 5.37. The highest BCUT2D eigenvalue weighted by molar-refractivity contribution is 6.30. The van der Waals surface area contributed by atoms with Gasteiger partial charge in [-0.3, -0.25) is 4.90 Å². The third kappa shape index (κ3) is 3.39. The Morgan fingerprint density at radius 1 is 1.53 bits per heavy atom. The number of hydrogen-bond acceptors (Lipinski definition) is 4. The Morgan fingerprint density at radius 2 is 2.32 bits per heavy atom. The largest absolute Gasteiger partial charge is 0.496 e. The van der Waals surface area contributed by atoms with E-state index >= 15 is 0 Å². The van der Waals surface area contributed by atoms with Gasteiger partial charge < -0.3 is 9.94 Å². The predicted molar refractivity (Wildman–Crippen MR) is 76.3 cm³/mol. The number of hydrogen-bond donors (Lipinski definition) is 1. The average molecular weight is 283 g/mol. The summed E-state index contributed by atoms with van der Waals surface area (Å²) in [6.45, 7) is 4.65. The summed E-state index contributed by atoms with van der Waals surface area (Å²) in [6.07, 6.45) is 0.806. The molecule has 1 fully saturated rings. The van der Waals surface area contributed by atoms with Crippen molar-refractivity contribution in [1.82, 2.24) is 4.90 Å². The smallest absolute Gasteiger partial charge is 0.123 e. The number of methoxy groups -OCH3 is 1. The summed E-state index contributed by atoms with van der Waals surface area (Å²) in [5, 5.41) is 13.0. The van der Waals surface area contributed by atoms with Crippen LogP contribution in [0.3, 0.4) is 0 Å². The Hall–Kier alpha value is -1.26. The normalized spacial score (nSPS) is 22.7. The first-order chi connectivity index (χ1) is 9.13. The molecular formula is C14H19ClN2O2. The van der Waals surface area contributed by atoms with Crippen molar-refractivity contribution < 1.29 is 9.94 Å². The summed E-state index contributed by atoms with van der Waals surface area (Å²) in [4.78, 5) is 2.33. The van der Waals surface area contributed by atoms with Crippen LogP contribution in [0.5, 0.6) is 5.75 Å². The quantitative estimate of drug-likeness (QED) is 0.685. The lowest BCUT2D eigenvalue weighted by atomic mass is 9.97. The van der Waals surface area contributed by atoms with Crippen LogP contribution in [0.4, 0.5) is 0 Å². The second kappa shape index (κ2) is 6.26. The van der Waals surface area contributed by atoms with Gasteiger partial charge in [0.15, 0.2) is 0 Å². The number of nitrogens with zero attached hydrogens (tertiary/aromatic N) is 2. The van der Waals surface area contributed by atoms with Gasteiger partial charge in [-0.2, -0.15) is 0 Å². The molecule has 0 aliphatic carbocycles. The number of ether oxygens (including phenoxy) is 1. The van der Waals surface area contributed by atoms with Gasteiger partial charge in [-0.05, 0) is 18.2 Å². The Bertz CT molecular complexity index is 477. The lowest BCUT2D eigenvalue weighted by Gasteiger charge is -2.31. The number of rotatable bonds is 3. The molecule has 104 valence electrons. The van der Waals surface area contributed by atoms with E-state index in [0.29, 0.717) is 0 Å². The fraction of sp³-hybridized carbons (Fsp3) is 0.500. The van der Waals surface area contributed by atoms with E-state index in [4.69, 9.17) is 21.5 Å². The molecule has 5 heteroatoms. The SMILES string of the molecule is COc1ccc(Cl)cc1CN1CC/C(=N/O)C(C)C1. The van der Waals surface area contributed by atoms with E-state index in [1.54, 1.807) is 7.11 Å². The van der Waals surface area contributed by atoms with Crippen molar-refractivity contribution in [2.75, 3.05) is 20.2 Å². The topological polar surface area (TPSA) is 45.1 Å². The Labute approximate surface area is 118 Å². The molecule has 0 amide bonds. The summed E-state index contributed by atoms with van der Waals surface area (Å²) in [5.41, 5.74) is 1.97. The first-order valence-electron chi connectivity index (χ1n) is 6.39. The van der Waals surface area contributed by atoms with Crippen LogP contribution in [0.2, 0.25) is 5.02 Å². The van der Waals surface area contributed by atoms with Gasteiger partial charge in [0, 0.05) is 42.6 Å². The zero-order chi connectivity index (χ0) is 13.8. The van der Waals surface area contributed by atoms with Gasteiger partial charge >= 0.3 is 0 Å². The summed E-state index contributed by atoms with van der Waals surface area (Å²) >= 11 is 6.04. The molecule has 1 saturated heterocycles. The van der Waals surface area contributed by atoms with Gasteiger partial charge in [0.25, 0.3) is 0 Å². The average Bonchev–Trinajstić information content (AvgIpc) is 2.39. The van der Waals surface area contributed by atoms with Crippen molar-refractivity contribution in [3.63, 3.8) is 0 Å². The molecule has 0 bridgehead atoms. The Balaban J connectivity index is 2.08. The fourth-order valence-corrected chi connectivity index (χ4v) is 2.70. The predicted octanol–water partition coefficient (Wildman–Crippen LogP) is 3.02. The molecule has 1 N–H and O–H groups in total. The molecule has 1 aromatic carbocycles. The monoisotopic (exact) mass is 282 g/mol. The molecule has 0 spiro atoms. The highest BCUT2D eigenvalue weighted by Crippen LogP contribution is 2.25. The van der Waals surface area contributed by atoms with Gasteiger partial charge in [0.2, 0.25) is 0 Å². The van der Waals surface area contributed by atoms with Gasteiger partial charge in [-0.1, -0.05) is 23.7 Å². The van der Waals surface area contributed by atoms with Gasteiger partial charge in [0.1, 0.15) is 5.75 Å². The van der Waals surface area contributed by atoms with E-state index in [1.165, 1.54) is 0 Å². The summed E-state index contributed by atoms with van der Waals surface area (Å²) in [7, 11) is 1.67. The minimum atomic E-state index is 0.281. The van der Waals surface area contributed by atoms with Gasteiger partial charge in [0.05, 0.1) is 12.8 Å². The number of piperidine rings is 1. The molecule has 1 atom stereocenters. The molecule has 1 unspecified atom stereocenters. The van der Waals surface area contributed by atoms with Crippen molar-refractivity contribution in [3.05, 3.63) is 28.8 Å². The fourth-order valence-electron chi connectivity index (χ4n) is 2.51. The van der Waals surface area contributed by atoms with Crippen LogP contribution in [0, 0.1) is 5.92 Å². The highest BCUT2D eigenvalue weighted by atomic mass is 35.5.